The van der Waals surface area contributed by atoms with Crippen molar-refractivity contribution in [3.63, 3.8) is 0 Å². The number of sulfonamides is 1. The summed E-state index contributed by atoms with van der Waals surface area (Å²) >= 11 is 1.33. The van der Waals surface area contributed by atoms with Crippen LogP contribution in [-0.2, 0) is 23.0 Å². The van der Waals surface area contributed by atoms with E-state index >= 15 is 0 Å². The van der Waals surface area contributed by atoms with E-state index in [9.17, 15) is 13.2 Å². The third-order valence-corrected chi connectivity index (χ3v) is 8.75. The van der Waals surface area contributed by atoms with Gasteiger partial charge in [-0.3, -0.25) is 10.1 Å². The fourth-order valence-electron chi connectivity index (χ4n) is 4.14. The van der Waals surface area contributed by atoms with E-state index in [1.807, 2.05) is 30.3 Å². The van der Waals surface area contributed by atoms with Crippen LogP contribution in [0.15, 0.2) is 65.6 Å². The van der Waals surface area contributed by atoms with Crippen LogP contribution in [0.2, 0.25) is 0 Å². The Morgan fingerprint density at radius 2 is 1.74 bits per heavy atom. The molecule has 3 aromatic carbocycles. The second kappa shape index (κ2) is 8.08. The molecule has 0 unspecified atom stereocenters. The summed E-state index contributed by atoms with van der Waals surface area (Å²) in [5, 5.41) is 3.22. The zero-order valence-corrected chi connectivity index (χ0v) is 19.5. The van der Waals surface area contributed by atoms with Crippen molar-refractivity contribution in [3.05, 3.63) is 77.4 Å². The van der Waals surface area contributed by atoms with Gasteiger partial charge >= 0.3 is 0 Å². The van der Waals surface area contributed by atoms with Crippen LogP contribution < -0.4 is 14.8 Å². The third kappa shape index (κ3) is 3.69. The average Bonchev–Trinajstić information content (AvgIpc) is 3.47. The predicted molar refractivity (Wildman–Crippen MR) is 128 cm³/mol. The molecule has 0 atom stereocenters. The van der Waals surface area contributed by atoms with Crippen molar-refractivity contribution in [2.24, 2.45) is 0 Å². The molecule has 1 amide bonds. The lowest BCUT2D eigenvalue weighted by atomic mass is 10.0. The summed E-state index contributed by atoms with van der Waals surface area (Å²) in [6.07, 6.45) is 0.680. The molecule has 4 aromatic rings. The molecule has 0 saturated heterocycles. The molecule has 34 heavy (non-hydrogen) atoms. The summed E-state index contributed by atoms with van der Waals surface area (Å²) in [5.74, 6) is 0.919. The van der Waals surface area contributed by atoms with Gasteiger partial charge in [0.25, 0.3) is 5.91 Å². The van der Waals surface area contributed by atoms with Crippen LogP contribution in [0.1, 0.15) is 21.5 Å². The average molecular weight is 494 g/mol. The second-order valence-electron chi connectivity index (χ2n) is 8.03. The van der Waals surface area contributed by atoms with Gasteiger partial charge in [-0.15, -0.1) is 0 Å². The Morgan fingerprint density at radius 1 is 1.00 bits per heavy atom. The number of benzene rings is 3. The van der Waals surface area contributed by atoms with Gasteiger partial charge in [0.2, 0.25) is 16.8 Å². The van der Waals surface area contributed by atoms with E-state index < -0.39 is 10.0 Å². The first-order valence-electron chi connectivity index (χ1n) is 10.7. The van der Waals surface area contributed by atoms with Crippen molar-refractivity contribution < 1.29 is 22.7 Å². The minimum absolute atomic E-state index is 0.165. The molecule has 1 aromatic heterocycles. The van der Waals surface area contributed by atoms with Crippen molar-refractivity contribution in [1.82, 2.24) is 9.29 Å². The Labute approximate surface area is 199 Å². The molecule has 0 bridgehead atoms. The minimum atomic E-state index is -3.66. The fraction of sp³-hybridized carbons (Fsp3) is 0.167. The van der Waals surface area contributed by atoms with Crippen molar-refractivity contribution in [3.8, 4) is 11.5 Å². The van der Waals surface area contributed by atoms with E-state index in [1.54, 1.807) is 6.07 Å². The van der Waals surface area contributed by atoms with Gasteiger partial charge in [0.15, 0.2) is 16.6 Å². The van der Waals surface area contributed by atoms with Gasteiger partial charge in [-0.05, 0) is 41.8 Å². The molecule has 1 N–H and O–H groups in total. The van der Waals surface area contributed by atoms with Crippen LogP contribution in [0.3, 0.4) is 0 Å². The third-order valence-electron chi connectivity index (χ3n) is 5.95. The first kappa shape index (κ1) is 21.1. The van der Waals surface area contributed by atoms with Gasteiger partial charge in [0, 0.05) is 30.8 Å². The lowest BCUT2D eigenvalue weighted by molar-refractivity contribution is 0.102. The summed E-state index contributed by atoms with van der Waals surface area (Å²) in [5.41, 5.74) is 3.25. The number of hydrogen-bond donors (Lipinski definition) is 1. The molecule has 0 fully saturated rings. The minimum Gasteiger partial charge on any atom is -0.454 e. The van der Waals surface area contributed by atoms with Crippen molar-refractivity contribution in [2.45, 2.75) is 17.9 Å². The zero-order chi connectivity index (χ0) is 23.3. The highest BCUT2D eigenvalue weighted by Gasteiger charge is 2.28. The first-order chi connectivity index (χ1) is 16.5. The van der Waals surface area contributed by atoms with Gasteiger partial charge in [-0.25, -0.2) is 13.4 Å². The van der Waals surface area contributed by atoms with Crippen molar-refractivity contribution >= 4 is 42.6 Å². The Bertz CT molecular complexity index is 1490. The molecule has 6 rings (SSSR count). The summed E-state index contributed by atoms with van der Waals surface area (Å²) < 4.78 is 39.4. The van der Waals surface area contributed by atoms with E-state index in [4.69, 9.17) is 9.47 Å². The Balaban J connectivity index is 1.18. The molecule has 172 valence electrons. The molecule has 3 heterocycles. The first-order valence-corrected chi connectivity index (χ1v) is 12.9. The molecule has 0 spiro atoms. The number of nitrogens with zero attached hydrogens (tertiary/aromatic N) is 2. The number of anilines is 1. The summed E-state index contributed by atoms with van der Waals surface area (Å²) in [6, 6.07) is 17.5. The van der Waals surface area contributed by atoms with Gasteiger partial charge in [0.05, 0.1) is 15.1 Å². The highest BCUT2D eigenvalue weighted by atomic mass is 32.2. The monoisotopic (exact) mass is 493 g/mol. The van der Waals surface area contributed by atoms with E-state index in [0.29, 0.717) is 47.2 Å². The van der Waals surface area contributed by atoms with Crippen molar-refractivity contribution in [1.29, 1.82) is 0 Å². The number of nitrogens with one attached hydrogen (secondary N) is 1. The number of thiazole rings is 1. The van der Waals surface area contributed by atoms with Gasteiger partial charge in [-0.1, -0.05) is 35.6 Å². The van der Waals surface area contributed by atoms with Crippen LogP contribution in [-0.4, -0.2) is 37.0 Å². The number of fused-ring (bicyclic) bond motifs is 3. The molecule has 0 radical (unpaired) electrons. The molecule has 0 saturated carbocycles. The number of aromatic nitrogens is 1. The van der Waals surface area contributed by atoms with Gasteiger partial charge in [0.1, 0.15) is 0 Å². The molecule has 8 nitrogen and oxygen atoms in total. The van der Waals surface area contributed by atoms with E-state index in [0.717, 1.165) is 10.3 Å². The summed E-state index contributed by atoms with van der Waals surface area (Å²) in [7, 11) is -3.66. The van der Waals surface area contributed by atoms with Gasteiger partial charge in [-0.2, -0.15) is 4.31 Å². The maximum atomic E-state index is 13.1. The zero-order valence-electron chi connectivity index (χ0n) is 17.9. The Morgan fingerprint density at radius 3 is 2.53 bits per heavy atom. The van der Waals surface area contributed by atoms with E-state index in [1.165, 1.54) is 45.5 Å². The number of ether oxygens (including phenoxy) is 2. The molecule has 2 aliphatic heterocycles. The molecular weight excluding hydrogens is 474 g/mol. The smallest absolute Gasteiger partial charge is 0.257 e. The van der Waals surface area contributed by atoms with Crippen LogP contribution in [0, 0.1) is 0 Å². The largest absolute Gasteiger partial charge is 0.454 e. The highest BCUT2D eigenvalue weighted by molar-refractivity contribution is 7.89. The highest BCUT2D eigenvalue weighted by Crippen LogP contribution is 2.39. The van der Waals surface area contributed by atoms with Gasteiger partial charge < -0.3 is 9.47 Å². The lowest BCUT2D eigenvalue weighted by Crippen LogP contribution is -2.35. The standard InChI is InChI=1S/C24H19N3O5S2/c28-23(26-24-25-19-11-20-21(32-14-31-20)12-22(19)33-24)16-5-7-18(8-6-16)34(29,30)27-10-9-15-3-1-2-4-17(15)13-27/h1-8,11-12H,9-10,13-14H2,(H,25,26,28). The molecule has 10 heteroatoms. The van der Waals surface area contributed by atoms with Crippen molar-refractivity contribution in [2.75, 3.05) is 18.7 Å². The maximum Gasteiger partial charge on any atom is 0.257 e. The Kier molecular flexibility index (Phi) is 5.01. The predicted octanol–water partition coefficient (Wildman–Crippen LogP) is 4.02. The second-order valence-corrected chi connectivity index (χ2v) is 11.0. The molecular formula is C24H19N3O5S2. The van der Waals surface area contributed by atoms with Crippen LogP contribution in [0.5, 0.6) is 11.5 Å². The number of rotatable bonds is 4. The maximum absolute atomic E-state index is 13.1. The fourth-order valence-corrected chi connectivity index (χ4v) is 6.43. The number of carbonyl (C=O) groups is 1. The number of carbonyl (C=O) groups excluding carboxylic acids is 1. The Hall–Kier alpha value is -3.47. The number of hydrogen-bond acceptors (Lipinski definition) is 7. The summed E-state index contributed by atoms with van der Waals surface area (Å²) in [6.45, 7) is 0.962. The molecule has 0 aliphatic carbocycles. The van der Waals surface area contributed by atoms with E-state index in [-0.39, 0.29) is 17.6 Å². The topological polar surface area (TPSA) is 97.8 Å². The van der Waals surface area contributed by atoms with Crippen LogP contribution in [0.4, 0.5) is 5.13 Å². The summed E-state index contributed by atoms with van der Waals surface area (Å²) in [4.78, 5) is 17.3. The normalized spacial score (nSPS) is 15.3. The molecule has 2 aliphatic rings. The van der Waals surface area contributed by atoms with Crippen LogP contribution >= 0.6 is 11.3 Å². The van der Waals surface area contributed by atoms with Crippen LogP contribution in [0.25, 0.3) is 10.2 Å². The SMILES string of the molecule is O=C(Nc1nc2cc3c(cc2s1)OCO3)c1ccc(S(=O)(=O)N2CCc3ccccc3C2)cc1. The quantitative estimate of drug-likeness (QED) is 0.461. The number of amides is 1. The van der Waals surface area contributed by atoms with E-state index in [2.05, 4.69) is 10.3 Å². The lowest BCUT2D eigenvalue weighted by Gasteiger charge is -2.28.